The molecule has 0 saturated carbocycles. The summed E-state index contributed by atoms with van der Waals surface area (Å²) in [6.07, 6.45) is 5.84. The third-order valence-corrected chi connectivity index (χ3v) is 17.3. The van der Waals surface area contributed by atoms with Crippen LogP contribution in [0.3, 0.4) is 0 Å². The predicted molar refractivity (Wildman–Crippen MR) is 93.8 cm³/mol. The van der Waals surface area contributed by atoms with Crippen LogP contribution in [-0.2, 0) is 4.79 Å². The number of rotatable bonds is 4. The Balaban J connectivity index is 3.31. The minimum atomic E-state index is -1.87. The van der Waals surface area contributed by atoms with Crippen molar-refractivity contribution in [2.24, 2.45) is 0 Å². The molecule has 0 bridgehead atoms. The van der Waals surface area contributed by atoms with Crippen molar-refractivity contribution in [2.75, 3.05) is 0 Å². The second-order valence-electron chi connectivity index (χ2n) is 8.29. The molecule has 1 aliphatic heterocycles. The van der Waals surface area contributed by atoms with Gasteiger partial charge in [0.15, 0.2) is 0 Å². The lowest BCUT2D eigenvalue weighted by Gasteiger charge is -2.47. The average Bonchev–Trinajstić information content (AvgIpc) is 2.43. The molecule has 0 radical (unpaired) electrons. The molecule has 20 heavy (non-hydrogen) atoms. The van der Waals surface area contributed by atoms with Gasteiger partial charge in [0.25, 0.3) is 0 Å². The summed E-state index contributed by atoms with van der Waals surface area (Å²) < 4.78 is 2.57. The van der Waals surface area contributed by atoms with Crippen molar-refractivity contribution in [3.05, 3.63) is 0 Å². The summed E-state index contributed by atoms with van der Waals surface area (Å²) in [6.45, 7) is 15.8. The van der Waals surface area contributed by atoms with Gasteiger partial charge in [0, 0.05) is 0 Å². The standard InChI is InChI=1S/C14H29NO2Si3/c1-9-12(13(14(16)17)18(2,3)4)15-19(5,6)10-11-20(15,7)8/h1,12-13H,10-11H2,2-8H3,(H,16,17). The largest absolute Gasteiger partial charge is 0.481 e. The van der Waals surface area contributed by atoms with E-state index in [1.807, 2.05) is 0 Å². The molecule has 1 aliphatic rings. The van der Waals surface area contributed by atoms with Crippen LogP contribution in [0.25, 0.3) is 0 Å². The number of carboxylic acid groups (broad SMARTS) is 1. The van der Waals surface area contributed by atoms with E-state index in [4.69, 9.17) is 6.42 Å². The van der Waals surface area contributed by atoms with Crippen LogP contribution in [0.5, 0.6) is 0 Å². The smallest absolute Gasteiger partial charge is 0.306 e. The van der Waals surface area contributed by atoms with Gasteiger partial charge < -0.3 is 9.34 Å². The molecule has 6 heteroatoms. The number of nitrogens with zero attached hydrogens (tertiary/aromatic N) is 1. The summed E-state index contributed by atoms with van der Waals surface area (Å²) in [7, 11) is -5.00. The first kappa shape index (κ1) is 17.7. The fourth-order valence-corrected chi connectivity index (χ4v) is 20.5. The minimum Gasteiger partial charge on any atom is -0.481 e. The van der Waals surface area contributed by atoms with Gasteiger partial charge in [-0.05, 0) is 12.1 Å². The van der Waals surface area contributed by atoms with Crippen molar-refractivity contribution in [2.45, 2.75) is 69.5 Å². The lowest BCUT2D eigenvalue weighted by Crippen LogP contribution is -2.63. The van der Waals surface area contributed by atoms with Crippen LogP contribution >= 0.6 is 0 Å². The molecule has 0 aromatic carbocycles. The fourth-order valence-electron chi connectivity index (χ4n) is 3.72. The lowest BCUT2D eigenvalue weighted by atomic mass is 10.2. The highest BCUT2D eigenvalue weighted by atomic mass is 28.4. The van der Waals surface area contributed by atoms with Gasteiger partial charge in [-0.2, -0.15) is 0 Å². The van der Waals surface area contributed by atoms with Gasteiger partial charge in [-0.25, -0.2) is 0 Å². The maximum absolute atomic E-state index is 11.9. The zero-order valence-electron chi connectivity index (χ0n) is 13.9. The number of hydrogen-bond donors (Lipinski definition) is 1. The van der Waals surface area contributed by atoms with Gasteiger partial charge in [-0.3, -0.25) is 4.79 Å². The van der Waals surface area contributed by atoms with E-state index >= 15 is 0 Å². The number of carbonyl (C=O) groups is 1. The van der Waals surface area contributed by atoms with E-state index in [1.54, 1.807) is 0 Å². The second-order valence-corrected chi connectivity index (χ2v) is 23.3. The van der Waals surface area contributed by atoms with Crippen LogP contribution in [0.1, 0.15) is 0 Å². The first-order chi connectivity index (χ1) is 8.84. The van der Waals surface area contributed by atoms with Crippen LogP contribution in [-0.4, -0.2) is 45.9 Å². The molecule has 0 spiro atoms. The summed E-state index contributed by atoms with van der Waals surface area (Å²) in [5, 5.41) is 9.75. The number of aliphatic carboxylic acids is 1. The molecule has 114 valence electrons. The molecule has 2 unspecified atom stereocenters. The minimum absolute atomic E-state index is 0.204. The van der Waals surface area contributed by atoms with Crippen LogP contribution in [0, 0.1) is 12.3 Å². The van der Waals surface area contributed by atoms with Crippen molar-refractivity contribution in [3.8, 4) is 12.3 Å². The Morgan fingerprint density at radius 1 is 1.20 bits per heavy atom. The molecule has 1 saturated heterocycles. The Morgan fingerprint density at radius 3 is 1.85 bits per heavy atom. The second kappa shape index (κ2) is 5.44. The topological polar surface area (TPSA) is 40.5 Å². The molecule has 0 aromatic heterocycles. The summed E-state index contributed by atoms with van der Waals surface area (Å²) in [5.41, 5.74) is -0.371. The molecule has 0 amide bonds. The number of carboxylic acids is 1. The maximum atomic E-state index is 11.9. The van der Waals surface area contributed by atoms with Gasteiger partial charge in [0.2, 0.25) is 0 Å². The third kappa shape index (κ3) is 3.27. The molecular formula is C14H29NO2Si3. The van der Waals surface area contributed by atoms with E-state index < -0.39 is 30.5 Å². The highest BCUT2D eigenvalue weighted by Gasteiger charge is 2.54. The Labute approximate surface area is 126 Å². The Morgan fingerprint density at radius 2 is 1.60 bits per heavy atom. The zero-order valence-corrected chi connectivity index (χ0v) is 16.9. The quantitative estimate of drug-likeness (QED) is 0.634. The highest BCUT2D eigenvalue weighted by molar-refractivity contribution is 6.95. The Kier molecular flexibility index (Phi) is 4.82. The average molecular weight is 328 g/mol. The van der Waals surface area contributed by atoms with Gasteiger partial charge in [-0.1, -0.05) is 51.7 Å². The van der Waals surface area contributed by atoms with E-state index in [0.29, 0.717) is 0 Å². The van der Waals surface area contributed by atoms with Crippen molar-refractivity contribution in [1.29, 1.82) is 0 Å². The van der Waals surface area contributed by atoms with Crippen LogP contribution in [0.4, 0.5) is 0 Å². The van der Waals surface area contributed by atoms with Crippen molar-refractivity contribution in [1.82, 2.24) is 4.23 Å². The Bertz CT molecular complexity index is 419. The van der Waals surface area contributed by atoms with Gasteiger partial charge in [0.1, 0.15) is 16.5 Å². The summed E-state index contributed by atoms with van der Waals surface area (Å²) in [6, 6.07) is 2.30. The normalized spacial score (nSPS) is 24.9. The summed E-state index contributed by atoms with van der Waals surface area (Å²) in [4.78, 5) is 11.9. The molecular weight excluding hydrogens is 298 g/mol. The summed E-state index contributed by atoms with van der Waals surface area (Å²) >= 11 is 0. The molecule has 1 rings (SSSR count). The predicted octanol–water partition coefficient (Wildman–Crippen LogP) is 3.51. The monoisotopic (exact) mass is 327 g/mol. The molecule has 2 atom stereocenters. The molecule has 1 fully saturated rings. The maximum Gasteiger partial charge on any atom is 0.306 e. The first-order valence-corrected chi connectivity index (χ1v) is 17.2. The van der Waals surface area contributed by atoms with Crippen molar-refractivity contribution in [3.63, 3.8) is 0 Å². The van der Waals surface area contributed by atoms with E-state index in [9.17, 15) is 9.90 Å². The number of hydrogen-bond acceptors (Lipinski definition) is 2. The van der Waals surface area contributed by atoms with E-state index in [1.165, 1.54) is 12.1 Å². The lowest BCUT2D eigenvalue weighted by molar-refractivity contribution is -0.137. The first-order valence-electron chi connectivity index (χ1n) is 7.33. The van der Waals surface area contributed by atoms with Gasteiger partial charge >= 0.3 is 5.97 Å². The third-order valence-electron chi connectivity index (χ3n) is 4.62. The van der Waals surface area contributed by atoms with Gasteiger partial charge in [-0.15, -0.1) is 6.42 Å². The van der Waals surface area contributed by atoms with Crippen LogP contribution < -0.4 is 0 Å². The van der Waals surface area contributed by atoms with E-state index in [0.717, 1.165) is 0 Å². The Hall–Kier alpha value is -0.359. The van der Waals surface area contributed by atoms with E-state index in [2.05, 4.69) is 56.0 Å². The molecule has 3 nitrogen and oxygen atoms in total. The van der Waals surface area contributed by atoms with Crippen molar-refractivity contribution >= 4 is 30.5 Å². The molecule has 1 N–H and O–H groups in total. The highest BCUT2D eigenvalue weighted by Crippen LogP contribution is 2.43. The molecule has 0 aromatic rings. The summed E-state index contributed by atoms with van der Waals surface area (Å²) in [5.74, 6) is 2.19. The van der Waals surface area contributed by atoms with Crippen LogP contribution in [0.15, 0.2) is 0 Å². The number of terminal acetylenes is 1. The van der Waals surface area contributed by atoms with Crippen LogP contribution in [0.2, 0.25) is 63.5 Å². The van der Waals surface area contributed by atoms with Crippen molar-refractivity contribution < 1.29 is 9.90 Å². The van der Waals surface area contributed by atoms with E-state index in [-0.39, 0.29) is 11.6 Å². The fraction of sp³-hybridized carbons (Fsp3) is 0.786. The zero-order chi connectivity index (χ0) is 15.9. The van der Waals surface area contributed by atoms with Gasteiger partial charge in [0.05, 0.1) is 19.7 Å². The SMILES string of the molecule is C#CC(C(C(=O)O)[Si](C)(C)C)N1[Si](C)(C)CC[Si]1(C)C. The molecule has 0 aliphatic carbocycles. The molecule has 1 heterocycles.